The first kappa shape index (κ1) is 56.7. The van der Waals surface area contributed by atoms with Crippen molar-refractivity contribution in [3.63, 3.8) is 0 Å². The van der Waals surface area contributed by atoms with Gasteiger partial charge < -0.3 is 53.3 Å². The Balaban J connectivity index is 1.29. The first-order valence-electron chi connectivity index (χ1n) is 23.7. The number of benzene rings is 2. The zero-order valence-corrected chi connectivity index (χ0v) is 41.8. The number of hydrogen-bond acceptors (Lipinski definition) is 15. The summed E-state index contributed by atoms with van der Waals surface area (Å²) in [7, 11) is 1.49. The number of epoxide rings is 1. The lowest BCUT2D eigenvalue weighted by molar-refractivity contribution is -0.179. The second kappa shape index (κ2) is 29.3. The van der Waals surface area contributed by atoms with Crippen molar-refractivity contribution >= 4 is 47.1 Å². The van der Waals surface area contributed by atoms with Crippen LogP contribution in [0.1, 0.15) is 96.4 Å². The van der Waals surface area contributed by atoms with E-state index in [0.29, 0.717) is 82.0 Å². The highest BCUT2D eigenvalue weighted by molar-refractivity contribution is 6.32. The molecule has 4 rings (SSSR count). The number of methoxy groups -OCH3 is 1. The monoisotopic (exact) mass is 986 g/mol. The third-order valence-corrected chi connectivity index (χ3v) is 11.7. The summed E-state index contributed by atoms with van der Waals surface area (Å²) in [5, 5.41) is 5.89. The molecule has 0 spiro atoms. The summed E-state index contributed by atoms with van der Waals surface area (Å²) in [4.78, 5) is 77.7. The second-order valence-corrected chi connectivity index (χ2v) is 18.7. The number of carbonyl (C=O) groups is 6. The maximum atomic E-state index is 13.9. The van der Waals surface area contributed by atoms with Crippen molar-refractivity contribution in [3.05, 3.63) is 76.3 Å². The standard InChI is InChI=1S/C51H71ClN2O15/c1-33(2)28-43-49(59)67-41(10-8-11-44(56)54-40(30-37-15-18-42(61-7)39(52)29-37)48(58)53-32-51(5,6)50(60)68-43)35(4)46-47(69-46)38-16-13-36(14-17-38)31-66-45(57)12-9-20-62-22-24-64-26-27-65-25-23-63-21-19-34(3)55/h8,11,13-18,29,33,35,40-41,43,46-47H,9-10,12,19-28,30-32H2,1-7H3,(H,53,58)(H,54,56)/b11-8+/t35-,40+,41-,43-,46+,47+/m0/s1. The van der Waals surface area contributed by atoms with Gasteiger partial charge in [-0.3, -0.25) is 24.0 Å². The van der Waals surface area contributed by atoms with Gasteiger partial charge in [0.05, 0.1) is 69.9 Å². The Morgan fingerprint density at radius 1 is 0.841 bits per heavy atom. The van der Waals surface area contributed by atoms with Gasteiger partial charge in [0.25, 0.3) is 0 Å². The molecule has 17 nitrogen and oxygen atoms in total. The average Bonchev–Trinajstić information content (AvgIpc) is 4.11. The van der Waals surface area contributed by atoms with Crippen LogP contribution in [0.4, 0.5) is 0 Å². The predicted molar refractivity (Wildman–Crippen MR) is 254 cm³/mol. The van der Waals surface area contributed by atoms with Crippen molar-refractivity contribution in [2.75, 3.05) is 66.5 Å². The van der Waals surface area contributed by atoms with Crippen molar-refractivity contribution in [3.8, 4) is 5.75 Å². The van der Waals surface area contributed by atoms with Crippen molar-refractivity contribution in [1.29, 1.82) is 0 Å². The van der Waals surface area contributed by atoms with Crippen LogP contribution < -0.4 is 15.4 Å². The summed E-state index contributed by atoms with van der Waals surface area (Å²) in [5.41, 5.74) is 1.10. The third kappa shape index (κ3) is 20.5. The number of hydrogen-bond donors (Lipinski definition) is 2. The van der Waals surface area contributed by atoms with Gasteiger partial charge in [0.15, 0.2) is 6.10 Å². The van der Waals surface area contributed by atoms with Crippen LogP contribution in [0, 0.1) is 17.3 Å². The first-order chi connectivity index (χ1) is 33.0. The summed E-state index contributed by atoms with van der Waals surface area (Å²) < 4.78 is 50.6. The Labute approximate surface area is 410 Å². The van der Waals surface area contributed by atoms with E-state index >= 15 is 0 Å². The fraction of sp³-hybridized carbons (Fsp3) is 0.608. The Bertz CT molecular complexity index is 2010. The van der Waals surface area contributed by atoms with E-state index in [9.17, 15) is 28.8 Å². The van der Waals surface area contributed by atoms with E-state index in [1.165, 1.54) is 20.1 Å². The highest BCUT2D eigenvalue weighted by Gasteiger charge is 2.48. The molecular weight excluding hydrogens is 916 g/mol. The van der Waals surface area contributed by atoms with Crippen molar-refractivity contribution in [2.24, 2.45) is 17.3 Å². The van der Waals surface area contributed by atoms with Gasteiger partial charge in [-0.05, 0) is 74.4 Å². The molecule has 2 amide bonds. The van der Waals surface area contributed by atoms with Crippen LogP contribution in [0.2, 0.25) is 5.02 Å². The number of amides is 2. The smallest absolute Gasteiger partial charge is 0.347 e. The lowest BCUT2D eigenvalue weighted by Crippen LogP contribution is -2.51. The topological polar surface area (TPSA) is 213 Å². The van der Waals surface area contributed by atoms with E-state index in [4.69, 9.17) is 54.2 Å². The lowest BCUT2D eigenvalue weighted by atomic mass is 9.92. The summed E-state index contributed by atoms with van der Waals surface area (Å²) in [5.74, 6) is -2.66. The van der Waals surface area contributed by atoms with Crippen molar-refractivity contribution in [1.82, 2.24) is 10.6 Å². The molecule has 1 saturated heterocycles. The Kier molecular flexibility index (Phi) is 24.1. The Morgan fingerprint density at radius 3 is 2.10 bits per heavy atom. The quantitative estimate of drug-likeness (QED) is 0.0480. The molecule has 2 heterocycles. The highest BCUT2D eigenvalue weighted by Crippen LogP contribution is 2.45. The number of halogens is 1. The molecule has 0 unspecified atom stereocenters. The molecule has 2 aliphatic rings. The fourth-order valence-electron chi connectivity index (χ4n) is 7.16. The van der Waals surface area contributed by atoms with Gasteiger partial charge in [-0.15, -0.1) is 0 Å². The van der Waals surface area contributed by atoms with Crippen LogP contribution in [-0.4, -0.2) is 126 Å². The molecule has 0 aromatic heterocycles. The summed E-state index contributed by atoms with van der Waals surface area (Å²) in [6.45, 7) is 13.7. The number of ketones is 1. The SMILES string of the molecule is COc1ccc(C[C@H]2NC(=O)/C=C/C[C@@H]([C@H](C)[C@H]3O[C@@H]3c3ccc(COC(=O)CCCOCCOCCOCCOCCC(C)=O)cc3)OC(=O)[C@H](CC(C)C)OC(=O)C(C)(C)CNC2=O)cc1Cl. The molecule has 18 heteroatoms. The van der Waals surface area contributed by atoms with Gasteiger partial charge >= 0.3 is 17.9 Å². The number of nitrogens with one attached hydrogen (secondary N) is 2. The van der Waals surface area contributed by atoms with Crippen molar-refractivity contribution < 1.29 is 71.4 Å². The van der Waals surface area contributed by atoms with Gasteiger partial charge in [-0.2, -0.15) is 0 Å². The van der Waals surface area contributed by atoms with Gasteiger partial charge in [0, 0.05) is 44.8 Å². The molecule has 0 saturated carbocycles. The van der Waals surface area contributed by atoms with Gasteiger partial charge in [0.2, 0.25) is 11.8 Å². The van der Waals surface area contributed by atoms with Crippen molar-refractivity contribution in [2.45, 2.75) is 117 Å². The zero-order valence-electron chi connectivity index (χ0n) is 41.1. The molecule has 0 radical (unpaired) electrons. The summed E-state index contributed by atoms with van der Waals surface area (Å²) in [6, 6.07) is 11.6. The number of rotatable bonds is 26. The molecule has 1 fully saturated rings. The molecule has 2 aromatic carbocycles. The second-order valence-electron chi connectivity index (χ2n) is 18.3. The number of carbonyl (C=O) groups excluding carboxylic acids is 6. The van der Waals surface area contributed by atoms with Crippen LogP contribution in [0.3, 0.4) is 0 Å². The van der Waals surface area contributed by atoms with Gasteiger partial charge in [-0.25, -0.2) is 4.79 Å². The van der Waals surface area contributed by atoms with E-state index in [0.717, 1.165) is 11.1 Å². The molecule has 2 aromatic rings. The average molecular weight is 988 g/mol. The third-order valence-electron chi connectivity index (χ3n) is 11.4. The normalized spacial score (nSPS) is 21.9. The molecule has 2 aliphatic heterocycles. The minimum Gasteiger partial charge on any atom is -0.495 e. The molecular formula is C51H71ClN2O15. The maximum absolute atomic E-state index is 13.9. The van der Waals surface area contributed by atoms with E-state index in [-0.39, 0.29) is 74.6 Å². The molecule has 0 aliphatic carbocycles. The molecule has 6 atom stereocenters. The van der Waals surface area contributed by atoms with Crippen LogP contribution in [0.25, 0.3) is 0 Å². The largest absolute Gasteiger partial charge is 0.495 e. The van der Waals surface area contributed by atoms with E-state index in [2.05, 4.69) is 10.6 Å². The highest BCUT2D eigenvalue weighted by atomic mass is 35.5. The molecule has 69 heavy (non-hydrogen) atoms. The van der Waals surface area contributed by atoms with Crippen LogP contribution in [0.5, 0.6) is 5.75 Å². The van der Waals surface area contributed by atoms with E-state index in [1.54, 1.807) is 38.1 Å². The maximum Gasteiger partial charge on any atom is 0.347 e. The molecule has 0 bridgehead atoms. The Morgan fingerprint density at radius 2 is 1.48 bits per heavy atom. The zero-order chi connectivity index (χ0) is 50.3. The van der Waals surface area contributed by atoms with Crippen LogP contribution in [0.15, 0.2) is 54.6 Å². The number of ether oxygens (including phenoxy) is 9. The number of esters is 3. The van der Waals surface area contributed by atoms with E-state index in [1.807, 2.05) is 45.0 Å². The molecule has 382 valence electrons. The minimum atomic E-state index is -1.25. The van der Waals surface area contributed by atoms with Crippen LogP contribution in [-0.2, 0) is 79.7 Å². The van der Waals surface area contributed by atoms with E-state index < -0.39 is 47.4 Å². The Hall–Kier alpha value is -4.91. The molecule has 2 N–H and O–H groups in total. The predicted octanol–water partition coefficient (Wildman–Crippen LogP) is 5.99. The first-order valence-corrected chi connectivity index (χ1v) is 24.0. The minimum absolute atomic E-state index is 0.0316. The summed E-state index contributed by atoms with van der Waals surface area (Å²) >= 11 is 6.36. The van der Waals surface area contributed by atoms with Gasteiger partial charge in [-0.1, -0.05) is 68.8 Å². The summed E-state index contributed by atoms with van der Waals surface area (Å²) in [6.07, 6.45) is 1.76. The fourth-order valence-corrected chi connectivity index (χ4v) is 7.44. The van der Waals surface area contributed by atoms with Gasteiger partial charge in [0.1, 0.15) is 36.4 Å². The number of Topliss-reactive ketones (excluding diaryl/α,β-unsaturated/α-hetero) is 1. The number of cyclic esters (lactones) is 2. The lowest BCUT2D eigenvalue weighted by Gasteiger charge is -2.29. The van der Waals surface area contributed by atoms with Crippen LogP contribution >= 0.6 is 11.6 Å².